The molecule has 0 aromatic carbocycles. The Bertz CT molecular complexity index is 909. The SMILES string of the molecule is CC1(C)O[C@@H]2[C@H](O1)[C@H]1COc3nc4c(NC5CCCCC5)ncnc4n3[C@@H]2O1. The molecular formula is C19H25N5O4. The van der Waals surface area contributed by atoms with E-state index < -0.39 is 5.79 Å². The fourth-order valence-corrected chi connectivity index (χ4v) is 4.92. The molecule has 28 heavy (non-hydrogen) atoms. The van der Waals surface area contributed by atoms with Crippen molar-refractivity contribution in [3.63, 3.8) is 0 Å². The normalized spacial score (nSPS) is 33.9. The average molecular weight is 387 g/mol. The number of imidazole rings is 1. The number of rotatable bonds is 2. The van der Waals surface area contributed by atoms with Crippen molar-refractivity contribution in [2.75, 3.05) is 11.9 Å². The predicted octanol–water partition coefficient (Wildman–Crippen LogP) is 2.38. The molecular weight excluding hydrogens is 362 g/mol. The summed E-state index contributed by atoms with van der Waals surface area (Å²) in [6.45, 7) is 4.23. The van der Waals surface area contributed by atoms with Gasteiger partial charge in [-0.05, 0) is 26.7 Å². The quantitative estimate of drug-likeness (QED) is 0.840. The fraction of sp³-hybridized carbons (Fsp3) is 0.737. The number of ether oxygens (including phenoxy) is 4. The number of nitrogens with zero attached hydrogens (tertiary/aromatic N) is 4. The van der Waals surface area contributed by atoms with E-state index in [1.807, 2.05) is 18.4 Å². The standard InChI is InChI=1S/C19H25N5O4/c1-19(2)27-13-11-8-25-18-23-12-15(22-10-6-4-3-5-7-10)20-9-21-16(12)24(18)17(26-11)14(13)28-19/h9-11,13-14,17H,3-8H2,1-2H3,(H,20,21,22)/t11-,13-,14-,17-/m1/s1. The van der Waals surface area contributed by atoms with Crippen LogP contribution in [0.1, 0.15) is 52.2 Å². The van der Waals surface area contributed by atoms with Crippen molar-refractivity contribution in [1.29, 1.82) is 0 Å². The molecule has 6 rings (SSSR count). The number of fused-ring (bicyclic) bond motifs is 9. The minimum absolute atomic E-state index is 0.160. The second-order valence-corrected chi connectivity index (χ2v) is 8.58. The molecule has 0 spiro atoms. The summed E-state index contributed by atoms with van der Waals surface area (Å²) in [6.07, 6.45) is 6.77. The Morgan fingerprint density at radius 3 is 2.79 bits per heavy atom. The lowest BCUT2D eigenvalue weighted by Gasteiger charge is -2.23. The van der Waals surface area contributed by atoms with Crippen LogP contribution in [0.4, 0.5) is 5.82 Å². The summed E-state index contributed by atoms with van der Waals surface area (Å²) >= 11 is 0. The van der Waals surface area contributed by atoms with E-state index in [0.29, 0.717) is 29.8 Å². The third-order valence-corrected chi connectivity index (χ3v) is 6.15. The van der Waals surface area contributed by atoms with Crippen LogP contribution in [-0.4, -0.2) is 56.3 Å². The molecule has 4 aliphatic rings. The Kier molecular flexibility index (Phi) is 3.64. The van der Waals surface area contributed by atoms with E-state index in [0.717, 1.165) is 18.7 Å². The molecule has 2 aromatic heterocycles. The smallest absolute Gasteiger partial charge is 0.301 e. The minimum atomic E-state index is -0.640. The van der Waals surface area contributed by atoms with E-state index in [-0.39, 0.29) is 24.5 Å². The molecule has 150 valence electrons. The monoisotopic (exact) mass is 387 g/mol. The molecule has 5 heterocycles. The van der Waals surface area contributed by atoms with Crippen LogP contribution in [-0.2, 0) is 14.2 Å². The lowest BCUT2D eigenvalue weighted by atomic mass is 9.95. The lowest BCUT2D eigenvalue weighted by Crippen LogP contribution is -2.34. The predicted molar refractivity (Wildman–Crippen MR) is 99.0 cm³/mol. The largest absolute Gasteiger partial charge is 0.462 e. The maximum atomic E-state index is 6.23. The summed E-state index contributed by atoms with van der Waals surface area (Å²) in [5.41, 5.74) is 1.41. The molecule has 1 N–H and O–H groups in total. The summed E-state index contributed by atoms with van der Waals surface area (Å²) in [4.78, 5) is 13.7. The molecule has 1 aliphatic carbocycles. The summed E-state index contributed by atoms with van der Waals surface area (Å²) in [7, 11) is 0. The molecule has 9 nitrogen and oxygen atoms in total. The van der Waals surface area contributed by atoms with Crippen LogP contribution in [0.3, 0.4) is 0 Å². The average Bonchev–Trinajstić information content (AvgIpc) is 3.25. The van der Waals surface area contributed by atoms with Crippen LogP contribution in [0.2, 0.25) is 0 Å². The van der Waals surface area contributed by atoms with E-state index in [1.165, 1.54) is 19.3 Å². The van der Waals surface area contributed by atoms with Crippen molar-refractivity contribution in [2.24, 2.45) is 0 Å². The van der Waals surface area contributed by atoms with Crippen LogP contribution in [0.5, 0.6) is 6.01 Å². The van der Waals surface area contributed by atoms with Gasteiger partial charge in [-0.1, -0.05) is 19.3 Å². The van der Waals surface area contributed by atoms with Gasteiger partial charge < -0.3 is 24.3 Å². The van der Waals surface area contributed by atoms with Crippen molar-refractivity contribution < 1.29 is 18.9 Å². The first kappa shape index (κ1) is 16.9. The lowest BCUT2D eigenvalue weighted by molar-refractivity contribution is -0.195. The van der Waals surface area contributed by atoms with Gasteiger partial charge in [0.1, 0.15) is 31.2 Å². The molecule has 9 heteroatoms. The molecule has 2 saturated heterocycles. The van der Waals surface area contributed by atoms with Crippen molar-refractivity contribution in [3.05, 3.63) is 6.33 Å². The van der Waals surface area contributed by atoms with Crippen LogP contribution in [0.15, 0.2) is 6.33 Å². The zero-order valence-corrected chi connectivity index (χ0v) is 16.1. The number of nitrogens with one attached hydrogen (secondary N) is 1. The van der Waals surface area contributed by atoms with Gasteiger partial charge >= 0.3 is 6.01 Å². The van der Waals surface area contributed by atoms with Crippen molar-refractivity contribution >= 4 is 17.0 Å². The van der Waals surface area contributed by atoms with E-state index in [2.05, 4.69) is 15.3 Å². The van der Waals surface area contributed by atoms with Crippen molar-refractivity contribution in [3.8, 4) is 6.01 Å². The number of aromatic nitrogens is 4. The first-order valence-electron chi connectivity index (χ1n) is 10.2. The van der Waals surface area contributed by atoms with Gasteiger partial charge in [0, 0.05) is 6.04 Å². The zero-order chi connectivity index (χ0) is 18.9. The summed E-state index contributed by atoms with van der Waals surface area (Å²) < 4.78 is 26.3. The second kappa shape index (κ2) is 6.01. The van der Waals surface area contributed by atoms with Gasteiger partial charge in [0.15, 0.2) is 29.0 Å². The van der Waals surface area contributed by atoms with Gasteiger partial charge in [-0.2, -0.15) is 4.98 Å². The van der Waals surface area contributed by atoms with Crippen molar-refractivity contribution in [1.82, 2.24) is 19.5 Å². The number of hydrogen-bond donors (Lipinski definition) is 1. The highest BCUT2D eigenvalue weighted by Crippen LogP contribution is 2.47. The molecule has 1 saturated carbocycles. The number of anilines is 1. The maximum absolute atomic E-state index is 6.23. The third kappa shape index (κ3) is 2.53. The summed E-state index contributed by atoms with van der Waals surface area (Å²) in [5.74, 6) is 0.121. The molecule has 4 atom stereocenters. The molecule has 2 aromatic rings. The second-order valence-electron chi connectivity index (χ2n) is 8.58. The maximum Gasteiger partial charge on any atom is 0.301 e. The first-order chi connectivity index (χ1) is 13.6. The van der Waals surface area contributed by atoms with E-state index in [4.69, 9.17) is 23.9 Å². The highest BCUT2D eigenvalue weighted by molar-refractivity contribution is 5.84. The minimum Gasteiger partial charge on any atom is -0.462 e. The molecule has 2 bridgehead atoms. The molecule has 0 amide bonds. The number of hydrogen-bond acceptors (Lipinski definition) is 8. The topological polar surface area (TPSA) is 92.5 Å². The van der Waals surface area contributed by atoms with Crippen LogP contribution < -0.4 is 10.1 Å². The van der Waals surface area contributed by atoms with E-state index in [1.54, 1.807) is 6.33 Å². The Labute approximate surface area is 162 Å². The van der Waals surface area contributed by atoms with Gasteiger partial charge in [0.25, 0.3) is 0 Å². The van der Waals surface area contributed by atoms with Crippen molar-refractivity contribution in [2.45, 2.75) is 82.3 Å². The molecule has 0 radical (unpaired) electrons. The van der Waals surface area contributed by atoms with Crippen LogP contribution >= 0.6 is 0 Å². The summed E-state index contributed by atoms with van der Waals surface area (Å²) in [5, 5.41) is 3.57. The van der Waals surface area contributed by atoms with Gasteiger partial charge in [-0.3, -0.25) is 0 Å². The van der Waals surface area contributed by atoms with Gasteiger partial charge in [-0.25, -0.2) is 14.5 Å². The fourth-order valence-electron chi connectivity index (χ4n) is 4.92. The molecule has 3 fully saturated rings. The Hall–Kier alpha value is -1.97. The first-order valence-corrected chi connectivity index (χ1v) is 10.2. The molecule has 3 aliphatic heterocycles. The van der Waals surface area contributed by atoms with Crippen LogP contribution in [0.25, 0.3) is 11.2 Å². The van der Waals surface area contributed by atoms with Crippen LogP contribution in [0, 0.1) is 0 Å². The van der Waals surface area contributed by atoms with Gasteiger partial charge in [0.2, 0.25) is 0 Å². The van der Waals surface area contributed by atoms with E-state index in [9.17, 15) is 0 Å². The highest BCUT2D eigenvalue weighted by Gasteiger charge is 2.58. The van der Waals surface area contributed by atoms with E-state index >= 15 is 0 Å². The Morgan fingerprint density at radius 2 is 1.93 bits per heavy atom. The summed E-state index contributed by atoms with van der Waals surface area (Å²) in [6, 6.07) is 0.930. The van der Waals surface area contributed by atoms with Gasteiger partial charge in [-0.15, -0.1) is 0 Å². The molecule has 0 unspecified atom stereocenters. The highest BCUT2D eigenvalue weighted by atomic mass is 16.8. The Balaban J connectivity index is 1.40. The third-order valence-electron chi connectivity index (χ3n) is 6.15. The Morgan fingerprint density at radius 1 is 1.11 bits per heavy atom. The van der Waals surface area contributed by atoms with Gasteiger partial charge in [0.05, 0.1) is 0 Å². The zero-order valence-electron chi connectivity index (χ0n) is 16.1.